The second-order valence-electron chi connectivity index (χ2n) is 8.12. The number of anilines is 1. The van der Waals surface area contributed by atoms with Gasteiger partial charge in [0.05, 0.1) is 36.4 Å². The molecule has 0 saturated carbocycles. The van der Waals surface area contributed by atoms with E-state index in [1.165, 1.54) is 24.9 Å². The molecule has 0 amide bonds. The number of fused-ring (bicyclic) bond motifs is 2. The lowest BCUT2D eigenvalue weighted by molar-refractivity contribution is 0.413. The van der Waals surface area contributed by atoms with E-state index in [1.54, 1.807) is 25.7 Å². The molecule has 1 saturated heterocycles. The SMILES string of the molecule is COc1cncc(-c2cc3c(-c4cc5c(N6CCCCC6)ccnc5[nH]4)n[nH]c3cn2)c1. The fourth-order valence-corrected chi connectivity index (χ4v) is 4.50. The number of nitrogens with zero attached hydrogens (tertiary/aromatic N) is 5. The molecule has 5 aromatic rings. The molecule has 0 unspecified atom stereocenters. The van der Waals surface area contributed by atoms with Gasteiger partial charge in [-0.15, -0.1) is 0 Å². The minimum Gasteiger partial charge on any atom is -0.495 e. The summed E-state index contributed by atoms with van der Waals surface area (Å²) in [5.41, 5.74) is 6.49. The Balaban J connectivity index is 1.45. The highest BCUT2D eigenvalue weighted by molar-refractivity contribution is 5.99. The minimum atomic E-state index is 0.698. The highest BCUT2D eigenvalue weighted by Gasteiger charge is 2.18. The van der Waals surface area contributed by atoms with Crippen molar-refractivity contribution in [3.8, 4) is 28.4 Å². The molecule has 1 aliphatic rings. The molecular formula is C24H23N7O. The monoisotopic (exact) mass is 425 g/mol. The Labute approximate surface area is 184 Å². The van der Waals surface area contributed by atoms with Crippen LogP contribution in [0.25, 0.3) is 44.6 Å². The number of ether oxygens (including phenoxy) is 1. The number of piperidine rings is 1. The summed E-state index contributed by atoms with van der Waals surface area (Å²) in [6, 6.07) is 8.24. The fourth-order valence-electron chi connectivity index (χ4n) is 4.50. The van der Waals surface area contributed by atoms with Crippen molar-refractivity contribution in [2.24, 2.45) is 0 Å². The molecule has 160 valence electrons. The van der Waals surface area contributed by atoms with Crippen molar-refractivity contribution in [3.05, 3.63) is 49.1 Å². The number of rotatable bonds is 4. The summed E-state index contributed by atoms with van der Waals surface area (Å²) >= 11 is 0. The summed E-state index contributed by atoms with van der Waals surface area (Å²) in [4.78, 5) is 19.4. The molecule has 1 fully saturated rings. The summed E-state index contributed by atoms with van der Waals surface area (Å²) in [5.74, 6) is 0.698. The van der Waals surface area contributed by atoms with Gasteiger partial charge in [-0.3, -0.25) is 15.1 Å². The Kier molecular flexibility index (Phi) is 4.49. The van der Waals surface area contributed by atoms with E-state index in [4.69, 9.17) is 4.74 Å². The zero-order valence-electron chi connectivity index (χ0n) is 17.8. The quantitative estimate of drug-likeness (QED) is 0.438. The van der Waals surface area contributed by atoms with Crippen molar-refractivity contribution in [1.82, 2.24) is 30.1 Å². The Morgan fingerprint density at radius 2 is 1.88 bits per heavy atom. The molecule has 0 bridgehead atoms. The molecule has 32 heavy (non-hydrogen) atoms. The van der Waals surface area contributed by atoms with Crippen molar-refractivity contribution in [1.29, 1.82) is 0 Å². The largest absolute Gasteiger partial charge is 0.495 e. The number of nitrogens with one attached hydrogen (secondary N) is 2. The van der Waals surface area contributed by atoms with E-state index in [9.17, 15) is 0 Å². The number of aromatic amines is 2. The summed E-state index contributed by atoms with van der Waals surface area (Å²) in [5, 5.41) is 9.82. The van der Waals surface area contributed by atoms with Crippen LogP contribution in [0.4, 0.5) is 5.69 Å². The average molecular weight is 425 g/mol. The Morgan fingerprint density at radius 1 is 0.969 bits per heavy atom. The zero-order chi connectivity index (χ0) is 21.5. The maximum atomic E-state index is 5.31. The van der Waals surface area contributed by atoms with E-state index in [0.717, 1.165) is 57.7 Å². The van der Waals surface area contributed by atoms with E-state index < -0.39 is 0 Å². The summed E-state index contributed by atoms with van der Waals surface area (Å²) < 4.78 is 5.31. The van der Waals surface area contributed by atoms with Crippen LogP contribution in [0.1, 0.15) is 19.3 Å². The summed E-state index contributed by atoms with van der Waals surface area (Å²) in [7, 11) is 1.63. The first kappa shape index (κ1) is 18.8. The second-order valence-corrected chi connectivity index (χ2v) is 8.12. The molecular weight excluding hydrogens is 402 g/mol. The fraction of sp³-hybridized carbons (Fsp3) is 0.250. The first-order valence-corrected chi connectivity index (χ1v) is 10.9. The van der Waals surface area contributed by atoms with Gasteiger partial charge in [0.1, 0.15) is 17.1 Å². The predicted molar refractivity (Wildman–Crippen MR) is 125 cm³/mol. The lowest BCUT2D eigenvalue weighted by Gasteiger charge is -2.29. The topological polar surface area (TPSA) is 95.6 Å². The van der Waals surface area contributed by atoms with Gasteiger partial charge in [-0.25, -0.2) is 4.98 Å². The molecule has 0 aromatic carbocycles. The molecule has 8 nitrogen and oxygen atoms in total. The van der Waals surface area contributed by atoms with Crippen LogP contribution in [0.3, 0.4) is 0 Å². The lowest BCUT2D eigenvalue weighted by atomic mass is 10.1. The standard InChI is InChI=1S/C24H23N7O/c1-32-16-9-15(12-25-13-16)19-10-17-21(14-27-19)29-30-23(17)20-11-18-22(5-6-26-24(18)28-20)31-7-3-2-4-8-31/h5-6,9-14H,2-4,7-8H2,1H3,(H,26,28)(H,29,30). The molecule has 2 N–H and O–H groups in total. The molecule has 5 aromatic heterocycles. The van der Waals surface area contributed by atoms with Crippen LogP contribution >= 0.6 is 0 Å². The molecule has 0 radical (unpaired) electrons. The number of aromatic nitrogens is 6. The van der Waals surface area contributed by atoms with Crippen LogP contribution in [0.5, 0.6) is 5.75 Å². The first-order valence-electron chi connectivity index (χ1n) is 10.9. The predicted octanol–water partition coefficient (Wildman–Crippen LogP) is 4.56. The number of pyridine rings is 3. The van der Waals surface area contributed by atoms with Crippen LogP contribution in [-0.4, -0.2) is 50.3 Å². The zero-order valence-corrected chi connectivity index (χ0v) is 17.8. The molecule has 6 heterocycles. The van der Waals surface area contributed by atoms with Crippen LogP contribution in [0.15, 0.2) is 49.1 Å². The van der Waals surface area contributed by atoms with E-state index in [1.807, 2.05) is 18.3 Å². The Bertz CT molecular complexity index is 1410. The smallest absolute Gasteiger partial charge is 0.139 e. The van der Waals surface area contributed by atoms with Gasteiger partial charge in [-0.05, 0) is 43.5 Å². The third-order valence-corrected chi connectivity index (χ3v) is 6.15. The van der Waals surface area contributed by atoms with Gasteiger partial charge in [0.2, 0.25) is 0 Å². The number of hydrogen-bond donors (Lipinski definition) is 2. The lowest BCUT2D eigenvalue weighted by Crippen LogP contribution is -2.29. The van der Waals surface area contributed by atoms with Crippen LogP contribution in [0, 0.1) is 0 Å². The Morgan fingerprint density at radius 3 is 2.75 bits per heavy atom. The maximum Gasteiger partial charge on any atom is 0.139 e. The van der Waals surface area contributed by atoms with Crippen molar-refractivity contribution in [3.63, 3.8) is 0 Å². The number of methoxy groups -OCH3 is 1. The van der Waals surface area contributed by atoms with Crippen molar-refractivity contribution in [2.75, 3.05) is 25.1 Å². The first-order chi connectivity index (χ1) is 15.8. The average Bonchev–Trinajstić information content (AvgIpc) is 3.48. The van der Waals surface area contributed by atoms with Gasteiger partial charge in [0, 0.05) is 47.5 Å². The summed E-state index contributed by atoms with van der Waals surface area (Å²) in [6.45, 7) is 2.18. The molecule has 8 heteroatoms. The molecule has 6 rings (SSSR count). The molecule has 0 atom stereocenters. The minimum absolute atomic E-state index is 0.698. The van der Waals surface area contributed by atoms with Gasteiger partial charge >= 0.3 is 0 Å². The number of hydrogen-bond acceptors (Lipinski definition) is 6. The van der Waals surface area contributed by atoms with E-state index in [2.05, 4.69) is 47.2 Å². The van der Waals surface area contributed by atoms with E-state index >= 15 is 0 Å². The third kappa shape index (κ3) is 3.15. The van der Waals surface area contributed by atoms with Gasteiger partial charge in [-0.2, -0.15) is 5.10 Å². The molecule has 1 aliphatic heterocycles. The highest BCUT2D eigenvalue weighted by atomic mass is 16.5. The van der Waals surface area contributed by atoms with Crippen molar-refractivity contribution >= 4 is 27.6 Å². The van der Waals surface area contributed by atoms with Gasteiger partial charge < -0.3 is 14.6 Å². The molecule has 0 spiro atoms. The van der Waals surface area contributed by atoms with Crippen LogP contribution < -0.4 is 9.64 Å². The van der Waals surface area contributed by atoms with E-state index in [0.29, 0.717) is 5.75 Å². The van der Waals surface area contributed by atoms with Gasteiger partial charge in [-0.1, -0.05) is 0 Å². The van der Waals surface area contributed by atoms with Crippen LogP contribution in [-0.2, 0) is 0 Å². The third-order valence-electron chi connectivity index (χ3n) is 6.15. The highest BCUT2D eigenvalue weighted by Crippen LogP contribution is 2.34. The number of H-pyrrole nitrogens is 2. The normalized spacial score (nSPS) is 14.3. The second kappa shape index (κ2) is 7.64. The van der Waals surface area contributed by atoms with E-state index in [-0.39, 0.29) is 0 Å². The van der Waals surface area contributed by atoms with Gasteiger partial charge in [0.25, 0.3) is 0 Å². The van der Waals surface area contributed by atoms with Gasteiger partial charge in [0.15, 0.2) is 0 Å². The van der Waals surface area contributed by atoms with Crippen molar-refractivity contribution < 1.29 is 4.74 Å². The maximum absolute atomic E-state index is 5.31. The molecule has 0 aliphatic carbocycles. The van der Waals surface area contributed by atoms with Crippen LogP contribution in [0.2, 0.25) is 0 Å². The summed E-state index contributed by atoms with van der Waals surface area (Å²) in [6.07, 6.45) is 10.9. The van der Waals surface area contributed by atoms with Crippen molar-refractivity contribution in [2.45, 2.75) is 19.3 Å². The Hall–Kier alpha value is -3.94.